The summed E-state index contributed by atoms with van der Waals surface area (Å²) in [7, 11) is -3.13. The lowest BCUT2D eigenvalue weighted by atomic mass is 10.0. The molecule has 0 aliphatic rings. The molecule has 0 saturated heterocycles. The predicted octanol–water partition coefficient (Wildman–Crippen LogP) is 6.66. The van der Waals surface area contributed by atoms with Gasteiger partial charge in [-0.15, -0.1) is 5.16 Å². The number of oxime groups is 1. The van der Waals surface area contributed by atoms with Crippen molar-refractivity contribution in [1.82, 2.24) is 0 Å². The summed E-state index contributed by atoms with van der Waals surface area (Å²) < 4.78 is 26.0. The SMILES string of the molecule is CC(C)(C)[Si](O/N=C(\CO)[C@@H](OCc1ccccc1)[C@H](OCc1ccccc1)[C@@H](O)COCc1ccccc1)(c1ccccc1)c1ccccc1. The van der Waals surface area contributed by atoms with E-state index in [1.54, 1.807) is 0 Å². The molecule has 0 aromatic heterocycles. The lowest BCUT2D eigenvalue weighted by Gasteiger charge is -2.40. The third kappa shape index (κ3) is 10.1. The minimum atomic E-state index is -3.13. The van der Waals surface area contributed by atoms with Gasteiger partial charge in [-0.2, -0.15) is 0 Å². The van der Waals surface area contributed by atoms with E-state index in [4.69, 9.17) is 23.9 Å². The molecule has 7 nitrogen and oxygen atoms in total. The number of nitrogens with zero attached hydrogens (tertiary/aromatic N) is 1. The average Bonchev–Trinajstić information content (AvgIpc) is 3.16. The van der Waals surface area contributed by atoms with E-state index >= 15 is 0 Å². The summed E-state index contributed by atoms with van der Waals surface area (Å²) in [5.41, 5.74) is 3.04. The van der Waals surface area contributed by atoms with Crippen molar-refractivity contribution in [3.05, 3.63) is 168 Å². The van der Waals surface area contributed by atoms with Crippen LogP contribution in [0.3, 0.4) is 0 Å². The van der Waals surface area contributed by atoms with Crippen LogP contribution in [0, 0.1) is 0 Å². The fraction of sp³-hybridized carbons (Fsp3) is 0.279. The molecule has 0 saturated carbocycles. The van der Waals surface area contributed by atoms with Crippen LogP contribution in [-0.2, 0) is 38.6 Å². The molecule has 0 unspecified atom stereocenters. The predicted molar refractivity (Wildman–Crippen MR) is 205 cm³/mol. The van der Waals surface area contributed by atoms with E-state index in [1.807, 2.05) is 127 Å². The Morgan fingerprint density at radius 1 is 0.608 bits per heavy atom. The maximum absolute atomic E-state index is 11.8. The van der Waals surface area contributed by atoms with Gasteiger partial charge in [0.2, 0.25) is 0 Å². The highest BCUT2D eigenvalue weighted by atomic mass is 28.4. The second-order valence-electron chi connectivity index (χ2n) is 13.5. The zero-order valence-electron chi connectivity index (χ0n) is 29.7. The number of aliphatic hydroxyl groups excluding tert-OH is 2. The lowest BCUT2D eigenvalue weighted by molar-refractivity contribution is -0.129. The van der Waals surface area contributed by atoms with Crippen LogP contribution in [0.1, 0.15) is 37.5 Å². The topological polar surface area (TPSA) is 89.7 Å². The maximum atomic E-state index is 11.8. The fourth-order valence-corrected chi connectivity index (χ4v) is 10.3. The van der Waals surface area contributed by atoms with E-state index in [1.165, 1.54) is 0 Å². The Morgan fingerprint density at radius 3 is 1.45 bits per heavy atom. The van der Waals surface area contributed by atoms with Gasteiger partial charge in [0, 0.05) is 5.04 Å². The van der Waals surface area contributed by atoms with Crippen LogP contribution in [0.5, 0.6) is 0 Å². The van der Waals surface area contributed by atoms with Gasteiger partial charge in [-0.1, -0.05) is 172 Å². The van der Waals surface area contributed by atoms with E-state index < -0.39 is 33.2 Å². The zero-order valence-corrected chi connectivity index (χ0v) is 30.7. The number of aliphatic hydroxyl groups is 2. The third-order valence-electron chi connectivity index (χ3n) is 8.84. The molecule has 0 heterocycles. The van der Waals surface area contributed by atoms with E-state index in [-0.39, 0.29) is 30.6 Å². The van der Waals surface area contributed by atoms with Gasteiger partial charge in [0.05, 0.1) is 33.0 Å². The Morgan fingerprint density at radius 2 is 1.02 bits per heavy atom. The van der Waals surface area contributed by atoms with Gasteiger partial charge >= 0.3 is 8.32 Å². The minimum absolute atomic E-state index is 0.0339. The fourth-order valence-electron chi connectivity index (χ4n) is 6.19. The van der Waals surface area contributed by atoms with Gasteiger partial charge in [-0.3, -0.25) is 0 Å². The zero-order chi connectivity index (χ0) is 35.9. The van der Waals surface area contributed by atoms with E-state index in [0.29, 0.717) is 6.61 Å². The standard InChI is InChI=1S/C43H49NO6Si/c1-43(2,3)51(37-25-15-7-16-26-37,38-27-17-8-18-28-38)50-44-39(29-45)41(48-31-35-21-11-5-12-22-35)42(49-32-36-23-13-6-14-24-36)40(46)33-47-30-34-19-9-4-10-20-34/h4-28,40-42,45-46H,29-33H2,1-3H3/b44-39+/t40-,41+,42+/m0/s1. The number of benzene rings is 5. The Balaban J connectivity index is 1.54. The normalized spacial score (nSPS) is 14.1. The van der Waals surface area contributed by atoms with Crippen molar-refractivity contribution in [3.63, 3.8) is 0 Å². The van der Waals surface area contributed by atoms with Crippen molar-refractivity contribution in [2.75, 3.05) is 13.2 Å². The summed E-state index contributed by atoms with van der Waals surface area (Å²) in [5, 5.41) is 29.3. The van der Waals surface area contributed by atoms with E-state index in [2.05, 4.69) is 45.0 Å². The first kappa shape index (κ1) is 37.8. The average molecular weight is 704 g/mol. The molecule has 0 fully saturated rings. The van der Waals surface area contributed by atoms with Gasteiger partial charge in [0.15, 0.2) is 0 Å². The molecule has 3 atom stereocenters. The number of rotatable bonds is 18. The van der Waals surface area contributed by atoms with Crippen LogP contribution < -0.4 is 10.4 Å². The first-order valence-corrected chi connectivity index (χ1v) is 19.3. The van der Waals surface area contributed by atoms with Gasteiger partial charge in [0.25, 0.3) is 0 Å². The third-order valence-corrected chi connectivity index (χ3v) is 13.6. The highest BCUT2D eigenvalue weighted by Crippen LogP contribution is 2.37. The van der Waals surface area contributed by atoms with Crippen LogP contribution in [0.25, 0.3) is 0 Å². The van der Waals surface area contributed by atoms with Gasteiger partial charge in [-0.25, -0.2) is 0 Å². The molecule has 8 heteroatoms. The Hall–Kier alpha value is -4.41. The molecule has 5 rings (SSSR count). The van der Waals surface area contributed by atoms with Crippen molar-refractivity contribution in [2.24, 2.45) is 5.16 Å². The molecule has 51 heavy (non-hydrogen) atoms. The monoisotopic (exact) mass is 703 g/mol. The molecular weight excluding hydrogens is 655 g/mol. The molecule has 0 spiro atoms. The molecule has 5 aromatic carbocycles. The Kier molecular flexibility index (Phi) is 13.9. The van der Waals surface area contributed by atoms with Crippen LogP contribution in [0.2, 0.25) is 5.04 Å². The largest absolute Gasteiger partial charge is 0.443 e. The van der Waals surface area contributed by atoms with Crippen molar-refractivity contribution in [3.8, 4) is 0 Å². The Bertz CT molecular complexity index is 1700. The van der Waals surface area contributed by atoms with Crippen LogP contribution in [0.15, 0.2) is 157 Å². The molecule has 0 aliphatic heterocycles. The minimum Gasteiger partial charge on any atom is -0.443 e. The molecule has 266 valence electrons. The molecule has 0 bridgehead atoms. The molecule has 0 radical (unpaired) electrons. The van der Waals surface area contributed by atoms with E-state index in [9.17, 15) is 10.2 Å². The molecule has 5 aromatic rings. The maximum Gasteiger partial charge on any atom is 0.354 e. The van der Waals surface area contributed by atoms with Crippen molar-refractivity contribution < 1.29 is 29.0 Å². The number of hydrogen-bond donors (Lipinski definition) is 2. The van der Waals surface area contributed by atoms with Crippen LogP contribution in [-0.4, -0.2) is 55.8 Å². The summed E-state index contributed by atoms with van der Waals surface area (Å²) in [6, 6.07) is 49.6. The summed E-state index contributed by atoms with van der Waals surface area (Å²) >= 11 is 0. The first-order valence-electron chi connectivity index (χ1n) is 17.4. The molecule has 2 N–H and O–H groups in total. The summed E-state index contributed by atoms with van der Waals surface area (Å²) in [6.07, 6.45) is -3.10. The van der Waals surface area contributed by atoms with Crippen LogP contribution in [0.4, 0.5) is 0 Å². The van der Waals surface area contributed by atoms with Crippen LogP contribution >= 0.6 is 0 Å². The van der Waals surface area contributed by atoms with Crippen molar-refractivity contribution in [1.29, 1.82) is 0 Å². The highest BCUT2D eigenvalue weighted by molar-refractivity contribution is 6.99. The molecule has 0 amide bonds. The smallest absolute Gasteiger partial charge is 0.354 e. The number of hydrogen-bond acceptors (Lipinski definition) is 7. The van der Waals surface area contributed by atoms with Gasteiger partial charge < -0.3 is 29.0 Å². The first-order chi connectivity index (χ1) is 24.8. The second kappa shape index (κ2) is 18.7. The summed E-state index contributed by atoms with van der Waals surface area (Å²) in [6.45, 7) is 6.67. The molecule has 0 aliphatic carbocycles. The van der Waals surface area contributed by atoms with E-state index in [0.717, 1.165) is 27.1 Å². The van der Waals surface area contributed by atoms with Gasteiger partial charge in [0.1, 0.15) is 24.0 Å². The van der Waals surface area contributed by atoms with Crippen molar-refractivity contribution in [2.45, 2.75) is 63.9 Å². The molecular formula is C43H49NO6Si. The highest BCUT2D eigenvalue weighted by Gasteiger charge is 2.53. The second-order valence-corrected chi connectivity index (χ2v) is 17.7. The quantitative estimate of drug-likeness (QED) is 0.0603. The lowest BCUT2D eigenvalue weighted by Crippen LogP contribution is -2.66. The van der Waals surface area contributed by atoms with Gasteiger partial charge in [-0.05, 0) is 27.1 Å². The van der Waals surface area contributed by atoms with Crippen molar-refractivity contribution >= 4 is 24.4 Å². The summed E-state index contributed by atoms with van der Waals surface area (Å²) in [5.74, 6) is 0. The summed E-state index contributed by atoms with van der Waals surface area (Å²) in [4.78, 5) is 0. The Labute approximate surface area is 303 Å². The number of ether oxygens (including phenoxy) is 3.